The van der Waals surface area contributed by atoms with Crippen molar-refractivity contribution in [3.05, 3.63) is 46.0 Å². The number of hydrogen-bond acceptors (Lipinski definition) is 4. The number of fused-ring (bicyclic) bond motifs is 1. The normalized spacial score (nSPS) is 18.7. The summed E-state index contributed by atoms with van der Waals surface area (Å²) in [7, 11) is 2.14. The van der Waals surface area contributed by atoms with E-state index >= 15 is 0 Å². The Hall–Kier alpha value is -1.43. The van der Waals surface area contributed by atoms with Crippen LogP contribution in [0.2, 0.25) is 0 Å². The Morgan fingerprint density at radius 1 is 1.39 bits per heavy atom. The third-order valence-electron chi connectivity index (χ3n) is 4.52. The van der Waals surface area contributed by atoms with Gasteiger partial charge in [-0.1, -0.05) is 6.07 Å². The van der Waals surface area contributed by atoms with Crippen LogP contribution in [0.4, 0.5) is 0 Å². The molecule has 1 unspecified atom stereocenters. The summed E-state index contributed by atoms with van der Waals surface area (Å²) >= 11 is 0. The first-order valence-corrected chi connectivity index (χ1v) is 8.04. The van der Waals surface area contributed by atoms with Crippen LogP contribution in [0.15, 0.2) is 29.2 Å². The van der Waals surface area contributed by atoms with Gasteiger partial charge in [-0.2, -0.15) is 0 Å². The summed E-state index contributed by atoms with van der Waals surface area (Å²) in [6.45, 7) is 4.90. The van der Waals surface area contributed by atoms with Gasteiger partial charge in [0.1, 0.15) is 5.65 Å². The first-order chi connectivity index (χ1) is 10.6. The number of rotatable bonds is 3. The summed E-state index contributed by atoms with van der Waals surface area (Å²) in [4.78, 5) is 19.3. The molecule has 0 bridgehead atoms. The van der Waals surface area contributed by atoms with E-state index in [1.807, 2.05) is 19.1 Å². The molecule has 1 fully saturated rings. The molecule has 0 saturated carbocycles. The largest absolute Gasteiger partial charge is 0.317 e. The number of halogens is 1. The summed E-state index contributed by atoms with van der Waals surface area (Å²) in [5.41, 5.74) is 2.65. The second kappa shape index (κ2) is 7.90. The zero-order chi connectivity index (χ0) is 15.5. The molecular formula is C17H25ClN4O. The van der Waals surface area contributed by atoms with Crippen molar-refractivity contribution in [3.63, 3.8) is 0 Å². The van der Waals surface area contributed by atoms with Crippen LogP contribution in [0.25, 0.3) is 5.65 Å². The molecule has 23 heavy (non-hydrogen) atoms. The molecule has 1 aliphatic rings. The fourth-order valence-electron chi connectivity index (χ4n) is 3.22. The molecule has 1 saturated heterocycles. The molecular weight excluding hydrogens is 312 g/mol. The lowest BCUT2D eigenvalue weighted by Gasteiger charge is -2.26. The fourth-order valence-corrected chi connectivity index (χ4v) is 3.22. The zero-order valence-corrected chi connectivity index (χ0v) is 14.6. The molecule has 1 aliphatic heterocycles. The van der Waals surface area contributed by atoms with Crippen molar-refractivity contribution in [1.82, 2.24) is 19.6 Å². The van der Waals surface area contributed by atoms with E-state index in [-0.39, 0.29) is 18.0 Å². The van der Waals surface area contributed by atoms with Crippen LogP contribution >= 0.6 is 12.4 Å². The quantitative estimate of drug-likeness (QED) is 0.931. The van der Waals surface area contributed by atoms with Crippen LogP contribution in [0.5, 0.6) is 0 Å². The molecule has 3 rings (SSSR count). The lowest BCUT2D eigenvalue weighted by molar-refractivity contribution is 0.214. The minimum Gasteiger partial charge on any atom is -0.317 e. The summed E-state index contributed by atoms with van der Waals surface area (Å²) < 4.78 is 1.62. The molecule has 0 aromatic carbocycles. The highest BCUT2D eigenvalue weighted by molar-refractivity contribution is 5.85. The van der Waals surface area contributed by atoms with Crippen LogP contribution in [0.1, 0.15) is 30.5 Å². The number of aryl methyl sites for hydroxylation is 1. The van der Waals surface area contributed by atoms with Crippen LogP contribution in [0, 0.1) is 6.92 Å². The highest BCUT2D eigenvalue weighted by Gasteiger charge is 2.17. The topological polar surface area (TPSA) is 49.6 Å². The average molecular weight is 337 g/mol. The summed E-state index contributed by atoms with van der Waals surface area (Å²) in [5.74, 6) is 0. The van der Waals surface area contributed by atoms with Gasteiger partial charge < -0.3 is 5.32 Å². The van der Waals surface area contributed by atoms with E-state index in [2.05, 4.69) is 17.3 Å². The molecule has 126 valence electrons. The number of nitrogens with one attached hydrogen (secondary N) is 1. The number of pyridine rings is 1. The summed E-state index contributed by atoms with van der Waals surface area (Å²) in [6, 6.07) is 6.10. The van der Waals surface area contributed by atoms with Gasteiger partial charge in [0.25, 0.3) is 5.56 Å². The Morgan fingerprint density at radius 3 is 3.04 bits per heavy atom. The van der Waals surface area contributed by atoms with Crippen molar-refractivity contribution in [2.75, 3.05) is 20.1 Å². The van der Waals surface area contributed by atoms with Gasteiger partial charge in [-0.05, 0) is 58.0 Å². The first-order valence-electron chi connectivity index (χ1n) is 8.04. The maximum atomic E-state index is 12.3. The molecule has 1 N–H and O–H groups in total. The van der Waals surface area contributed by atoms with Crippen LogP contribution < -0.4 is 10.9 Å². The van der Waals surface area contributed by atoms with E-state index in [4.69, 9.17) is 4.98 Å². The third kappa shape index (κ3) is 4.10. The second-order valence-corrected chi connectivity index (χ2v) is 6.22. The molecule has 1 atom stereocenters. The smallest absolute Gasteiger partial charge is 0.258 e. The van der Waals surface area contributed by atoms with Gasteiger partial charge in [0.2, 0.25) is 0 Å². The SMILES string of the molecule is Cc1cccn2c(=O)cc(CN(C)C3CCCNCC3)nc12.Cl. The predicted octanol–water partition coefficient (Wildman–Crippen LogP) is 2.00. The summed E-state index contributed by atoms with van der Waals surface area (Å²) in [6.07, 6.45) is 5.35. The van der Waals surface area contributed by atoms with Crippen molar-refractivity contribution >= 4 is 18.1 Å². The fraction of sp³-hybridized carbons (Fsp3) is 0.529. The standard InChI is InChI=1S/C17H24N4O.ClH/c1-13-5-4-10-21-16(22)11-14(19-17(13)21)12-20(2)15-6-3-8-18-9-7-15;/h4-5,10-11,15,18H,3,6-9,12H2,1-2H3;1H. The van der Waals surface area contributed by atoms with Crippen LogP contribution in [0.3, 0.4) is 0 Å². The highest BCUT2D eigenvalue weighted by atomic mass is 35.5. The van der Waals surface area contributed by atoms with E-state index in [1.165, 1.54) is 12.8 Å². The van der Waals surface area contributed by atoms with Gasteiger partial charge in [-0.15, -0.1) is 12.4 Å². The van der Waals surface area contributed by atoms with E-state index in [0.29, 0.717) is 6.04 Å². The lowest BCUT2D eigenvalue weighted by Crippen LogP contribution is -2.33. The molecule has 0 aliphatic carbocycles. The number of hydrogen-bond donors (Lipinski definition) is 1. The Bertz CT molecular complexity index is 707. The molecule has 5 nitrogen and oxygen atoms in total. The molecule has 3 heterocycles. The average Bonchev–Trinajstić information content (AvgIpc) is 2.78. The monoisotopic (exact) mass is 336 g/mol. The first kappa shape index (κ1) is 17.9. The van der Waals surface area contributed by atoms with Crippen LogP contribution in [-0.2, 0) is 6.54 Å². The van der Waals surface area contributed by atoms with Gasteiger partial charge in [0.15, 0.2) is 0 Å². The Kier molecular flexibility index (Phi) is 6.16. The van der Waals surface area contributed by atoms with Crippen molar-refractivity contribution in [2.45, 2.75) is 38.8 Å². The van der Waals surface area contributed by atoms with Gasteiger partial charge >= 0.3 is 0 Å². The molecule has 0 radical (unpaired) electrons. The van der Waals surface area contributed by atoms with E-state index in [9.17, 15) is 4.79 Å². The van der Waals surface area contributed by atoms with Gasteiger partial charge in [-0.25, -0.2) is 4.98 Å². The number of nitrogens with zero attached hydrogens (tertiary/aromatic N) is 3. The third-order valence-corrected chi connectivity index (χ3v) is 4.52. The van der Waals surface area contributed by atoms with Crippen molar-refractivity contribution in [1.29, 1.82) is 0 Å². The van der Waals surface area contributed by atoms with Crippen molar-refractivity contribution < 1.29 is 0 Å². The Labute approximate surface area is 143 Å². The lowest BCUT2D eigenvalue weighted by atomic mass is 10.1. The summed E-state index contributed by atoms with van der Waals surface area (Å²) in [5, 5.41) is 3.44. The van der Waals surface area contributed by atoms with Crippen LogP contribution in [-0.4, -0.2) is 40.5 Å². The minimum atomic E-state index is -0.000340. The van der Waals surface area contributed by atoms with E-state index < -0.39 is 0 Å². The predicted molar refractivity (Wildman–Crippen MR) is 95.4 cm³/mol. The molecule has 2 aromatic rings. The molecule has 0 amide bonds. The Balaban J connectivity index is 0.00000192. The molecule has 2 aromatic heterocycles. The maximum absolute atomic E-state index is 12.3. The minimum absolute atomic E-state index is 0. The van der Waals surface area contributed by atoms with E-state index in [0.717, 1.165) is 43.0 Å². The highest BCUT2D eigenvalue weighted by Crippen LogP contribution is 2.14. The van der Waals surface area contributed by atoms with Gasteiger partial charge in [0.05, 0.1) is 5.69 Å². The van der Waals surface area contributed by atoms with Gasteiger partial charge in [-0.3, -0.25) is 14.1 Å². The Morgan fingerprint density at radius 2 is 2.22 bits per heavy atom. The van der Waals surface area contributed by atoms with Crippen molar-refractivity contribution in [2.24, 2.45) is 0 Å². The second-order valence-electron chi connectivity index (χ2n) is 6.22. The van der Waals surface area contributed by atoms with Crippen molar-refractivity contribution in [3.8, 4) is 0 Å². The number of aromatic nitrogens is 2. The zero-order valence-electron chi connectivity index (χ0n) is 13.8. The molecule has 6 heteroatoms. The molecule has 0 spiro atoms. The van der Waals surface area contributed by atoms with E-state index in [1.54, 1.807) is 16.7 Å². The van der Waals surface area contributed by atoms with Gasteiger partial charge in [0, 0.05) is 24.8 Å². The maximum Gasteiger partial charge on any atom is 0.258 e.